The van der Waals surface area contributed by atoms with Crippen molar-refractivity contribution in [1.82, 2.24) is 15.3 Å². The number of amides is 1. The zero-order valence-corrected chi connectivity index (χ0v) is 16.3. The van der Waals surface area contributed by atoms with Crippen molar-refractivity contribution in [2.24, 2.45) is 0 Å². The van der Waals surface area contributed by atoms with Gasteiger partial charge in [-0.15, -0.1) is 0 Å². The predicted octanol–water partition coefficient (Wildman–Crippen LogP) is -0.225. The normalized spacial score (nSPS) is 14.5. The van der Waals surface area contributed by atoms with Gasteiger partial charge in [-0.25, -0.2) is 9.97 Å². The third-order valence-electron chi connectivity index (χ3n) is 4.54. The van der Waals surface area contributed by atoms with Crippen LogP contribution in [0.4, 0.5) is 5.95 Å². The Hall–Kier alpha value is -2.87. The minimum atomic E-state index is 0.0507. The number of carbonyl (C=O) groups is 1. The van der Waals surface area contributed by atoms with Crippen LogP contribution in [0, 0.1) is 0 Å². The van der Waals surface area contributed by atoms with Gasteiger partial charge < -0.3 is 24.6 Å². The van der Waals surface area contributed by atoms with E-state index in [9.17, 15) is 4.79 Å². The number of rotatable bonds is 9. The quantitative estimate of drug-likeness (QED) is 0.580. The number of piperazine rings is 1. The lowest BCUT2D eigenvalue weighted by Crippen LogP contribution is -3.16. The summed E-state index contributed by atoms with van der Waals surface area (Å²) in [5.41, 5.74) is 0. The van der Waals surface area contributed by atoms with E-state index >= 15 is 0 Å². The van der Waals surface area contributed by atoms with Gasteiger partial charge in [-0.05, 0) is 37.3 Å². The molecule has 0 saturated carbocycles. The molecule has 28 heavy (non-hydrogen) atoms. The van der Waals surface area contributed by atoms with E-state index in [2.05, 4.69) is 20.2 Å². The van der Waals surface area contributed by atoms with Crippen LogP contribution in [-0.2, 0) is 4.79 Å². The number of hydrogen-bond acceptors (Lipinski definition) is 6. The van der Waals surface area contributed by atoms with Crippen LogP contribution >= 0.6 is 0 Å². The highest BCUT2D eigenvalue weighted by molar-refractivity contribution is 5.76. The smallest absolute Gasteiger partial charge is 0.275 e. The average Bonchev–Trinajstić information content (AvgIpc) is 2.74. The van der Waals surface area contributed by atoms with Crippen LogP contribution in [0.15, 0.2) is 42.7 Å². The van der Waals surface area contributed by atoms with Crippen molar-refractivity contribution in [3.63, 3.8) is 0 Å². The summed E-state index contributed by atoms with van der Waals surface area (Å²) in [6.45, 7) is 7.50. The number of aromatic nitrogens is 2. The molecule has 8 heteroatoms. The second kappa shape index (κ2) is 10.5. The maximum absolute atomic E-state index is 12.1. The van der Waals surface area contributed by atoms with Gasteiger partial charge in [0, 0.05) is 12.4 Å². The molecule has 1 aromatic carbocycles. The number of anilines is 1. The first-order valence-electron chi connectivity index (χ1n) is 9.72. The Kier molecular flexibility index (Phi) is 7.43. The second-order valence-electron chi connectivity index (χ2n) is 6.57. The molecule has 1 aliphatic rings. The third-order valence-corrected chi connectivity index (χ3v) is 4.54. The van der Waals surface area contributed by atoms with Gasteiger partial charge in [0.1, 0.15) is 18.1 Å². The molecule has 2 heterocycles. The number of nitrogens with zero attached hydrogens (tertiary/aromatic N) is 3. The van der Waals surface area contributed by atoms with Gasteiger partial charge in [-0.1, -0.05) is 0 Å². The molecule has 8 nitrogen and oxygen atoms in total. The van der Waals surface area contributed by atoms with Gasteiger partial charge in [0.25, 0.3) is 5.91 Å². The zero-order valence-electron chi connectivity index (χ0n) is 16.3. The number of hydrogen-bond donors (Lipinski definition) is 2. The summed E-state index contributed by atoms with van der Waals surface area (Å²) >= 11 is 0. The molecular weight excluding hydrogens is 358 g/mol. The molecule has 2 N–H and O–H groups in total. The Bertz CT molecular complexity index is 718. The molecule has 150 valence electrons. The molecule has 3 rings (SSSR count). The highest BCUT2D eigenvalue weighted by Gasteiger charge is 2.23. The first kappa shape index (κ1) is 19.9. The molecule has 2 aromatic rings. The number of ether oxygens (including phenoxy) is 2. The van der Waals surface area contributed by atoms with Crippen molar-refractivity contribution in [1.29, 1.82) is 0 Å². The molecule has 0 aliphatic carbocycles. The molecule has 1 amide bonds. The van der Waals surface area contributed by atoms with Gasteiger partial charge in [0.05, 0.1) is 39.3 Å². The largest absolute Gasteiger partial charge is 0.494 e. The molecular formula is C20H28N5O3+. The lowest BCUT2D eigenvalue weighted by Gasteiger charge is -2.31. The van der Waals surface area contributed by atoms with Crippen molar-refractivity contribution in [2.75, 3.05) is 57.4 Å². The topological polar surface area (TPSA) is 81.0 Å². The fourth-order valence-corrected chi connectivity index (χ4v) is 3.10. The van der Waals surface area contributed by atoms with Crippen LogP contribution in [0.5, 0.6) is 11.5 Å². The van der Waals surface area contributed by atoms with Crippen LogP contribution in [0.2, 0.25) is 0 Å². The van der Waals surface area contributed by atoms with Gasteiger partial charge in [0.2, 0.25) is 5.95 Å². The molecule has 1 fully saturated rings. The lowest BCUT2D eigenvalue weighted by molar-refractivity contribution is -0.892. The number of benzene rings is 1. The summed E-state index contributed by atoms with van der Waals surface area (Å²) in [6.07, 6.45) is 3.51. The highest BCUT2D eigenvalue weighted by atomic mass is 16.5. The van der Waals surface area contributed by atoms with Crippen LogP contribution in [0.3, 0.4) is 0 Å². The molecule has 0 bridgehead atoms. The monoisotopic (exact) mass is 386 g/mol. The molecule has 0 spiro atoms. The Morgan fingerprint density at radius 2 is 1.75 bits per heavy atom. The van der Waals surface area contributed by atoms with Gasteiger partial charge >= 0.3 is 0 Å². The summed E-state index contributed by atoms with van der Waals surface area (Å²) in [7, 11) is 0. The van der Waals surface area contributed by atoms with E-state index < -0.39 is 0 Å². The van der Waals surface area contributed by atoms with E-state index in [1.807, 2.05) is 37.3 Å². The maximum atomic E-state index is 12.1. The second-order valence-corrected chi connectivity index (χ2v) is 6.57. The van der Waals surface area contributed by atoms with Crippen molar-refractivity contribution >= 4 is 11.9 Å². The average molecular weight is 386 g/mol. The van der Waals surface area contributed by atoms with E-state index in [-0.39, 0.29) is 5.91 Å². The van der Waals surface area contributed by atoms with E-state index in [0.29, 0.717) is 26.3 Å². The van der Waals surface area contributed by atoms with Crippen molar-refractivity contribution < 1.29 is 19.2 Å². The molecule has 0 unspecified atom stereocenters. The molecule has 1 saturated heterocycles. The molecule has 0 atom stereocenters. The van der Waals surface area contributed by atoms with Crippen LogP contribution < -0.4 is 24.6 Å². The summed E-state index contributed by atoms with van der Waals surface area (Å²) in [5, 5.41) is 2.93. The number of nitrogens with one attached hydrogen (secondary N) is 2. The Labute approximate surface area is 165 Å². The highest BCUT2D eigenvalue weighted by Crippen LogP contribution is 2.17. The minimum Gasteiger partial charge on any atom is -0.494 e. The van der Waals surface area contributed by atoms with Crippen LogP contribution in [-0.4, -0.2) is 68.4 Å². The number of quaternary nitrogens is 1. The minimum absolute atomic E-state index is 0.0507. The van der Waals surface area contributed by atoms with E-state index in [1.165, 1.54) is 4.90 Å². The van der Waals surface area contributed by atoms with Gasteiger partial charge in [0.15, 0.2) is 6.54 Å². The maximum Gasteiger partial charge on any atom is 0.275 e. The standard InChI is InChI=1S/C20H27N5O3/c1-2-27-17-4-6-18(7-5-17)28-15-10-21-19(26)16-24-11-13-25(14-12-24)20-22-8-3-9-23-20/h3-9H,2,10-16H2,1H3,(H,21,26)/p+1. The van der Waals surface area contributed by atoms with Gasteiger partial charge in [-0.2, -0.15) is 0 Å². The van der Waals surface area contributed by atoms with Crippen LogP contribution in [0.25, 0.3) is 0 Å². The van der Waals surface area contributed by atoms with Crippen molar-refractivity contribution in [2.45, 2.75) is 6.92 Å². The summed E-state index contributed by atoms with van der Waals surface area (Å²) < 4.78 is 11.0. The first-order chi connectivity index (χ1) is 13.7. The molecule has 1 aromatic heterocycles. The van der Waals surface area contributed by atoms with Gasteiger partial charge in [-0.3, -0.25) is 4.79 Å². The fraction of sp³-hybridized carbons (Fsp3) is 0.450. The summed E-state index contributed by atoms with van der Waals surface area (Å²) in [4.78, 5) is 24.1. The zero-order chi connectivity index (χ0) is 19.6. The molecule has 0 radical (unpaired) electrons. The third kappa shape index (κ3) is 6.09. The van der Waals surface area contributed by atoms with Crippen molar-refractivity contribution in [3.05, 3.63) is 42.7 Å². The van der Waals surface area contributed by atoms with Crippen LogP contribution in [0.1, 0.15) is 6.92 Å². The summed E-state index contributed by atoms with van der Waals surface area (Å²) in [5.74, 6) is 2.40. The Morgan fingerprint density at radius 3 is 2.39 bits per heavy atom. The SMILES string of the molecule is CCOc1ccc(OCCNC(=O)C[NH+]2CCN(c3ncccn3)CC2)cc1. The first-order valence-corrected chi connectivity index (χ1v) is 9.72. The van der Waals surface area contributed by atoms with E-state index in [0.717, 1.165) is 43.6 Å². The molecule has 1 aliphatic heterocycles. The Balaban J connectivity index is 1.30. The van der Waals surface area contributed by atoms with E-state index in [1.54, 1.807) is 12.4 Å². The number of carbonyl (C=O) groups excluding carboxylic acids is 1. The van der Waals surface area contributed by atoms with Crippen molar-refractivity contribution in [3.8, 4) is 11.5 Å². The Morgan fingerprint density at radius 1 is 1.11 bits per heavy atom. The fourth-order valence-electron chi connectivity index (χ4n) is 3.10. The summed E-state index contributed by atoms with van der Waals surface area (Å²) in [6, 6.07) is 9.30. The predicted molar refractivity (Wildman–Crippen MR) is 106 cm³/mol. The van der Waals surface area contributed by atoms with E-state index in [4.69, 9.17) is 9.47 Å². The lowest BCUT2D eigenvalue weighted by atomic mass is 10.3.